The minimum Gasteiger partial charge on any atom is -0.465 e. The van der Waals surface area contributed by atoms with E-state index in [1.807, 2.05) is 13.0 Å². The van der Waals surface area contributed by atoms with Crippen molar-refractivity contribution < 1.29 is 9.90 Å². The van der Waals surface area contributed by atoms with Crippen LogP contribution in [0.2, 0.25) is 0 Å². The van der Waals surface area contributed by atoms with E-state index in [0.717, 1.165) is 22.9 Å². The summed E-state index contributed by atoms with van der Waals surface area (Å²) < 4.78 is 0.855. The molecule has 1 aromatic heterocycles. The number of hydrogen-bond acceptors (Lipinski definition) is 2. The second kappa shape index (κ2) is 5.70. The van der Waals surface area contributed by atoms with Gasteiger partial charge in [-0.15, -0.1) is 0 Å². The molecule has 0 aliphatic carbocycles. The summed E-state index contributed by atoms with van der Waals surface area (Å²) >= 11 is 3.31. The zero-order chi connectivity index (χ0) is 11.3. The predicted molar refractivity (Wildman–Crippen MR) is 60.7 cm³/mol. The van der Waals surface area contributed by atoms with Gasteiger partial charge in [-0.25, -0.2) is 4.79 Å². The summed E-state index contributed by atoms with van der Waals surface area (Å²) in [6, 6.07) is 1.70. The van der Waals surface area contributed by atoms with Gasteiger partial charge in [-0.05, 0) is 34.0 Å². The van der Waals surface area contributed by atoms with E-state index in [-0.39, 0.29) is 6.04 Å². The van der Waals surface area contributed by atoms with Gasteiger partial charge in [-0.3, -0.25) is 4.98 Å². The highest BCUT2D eigenvalue weighted by molar-refractivity contribution is 9.10. The van der Waals surface area contributed by atoms with E-state index in [9.17, 15) is 4.79 Å². The van der Waals surface area contributed by atoms with Crippen LogP contribution in [0.1, 0.15) is 31.4 Å². The Labute approximate surface area is 96.8 Å². The number of aromatic nitrogens is 1. The summed E-state index contributed by atoms with van der Waals surface area (Å²) in [7, 11) is 0. The van der Waals surface area contributed by atoms with Gasteiger partial charge in [-0.2, -0.15) is 0 Å². The monoisotopic (exact) mass is 272 g/mol. The van der Waals surface area contributed by atoms with Crippen molar-refractivity contribution in [2.24, 2.45) is 0 Å². The molecule has 15 heavy (non-hydrogen) atoms. The molecular formula is C10H13BrN2O2. The zero-order valence-electron chi connectivity index (χ0n) is 8.40. The van der Waals surface area contributed by atoms with Crippen molar-refractivity contribution in [2.45, 2.75) is 25.8 Å². The van der Waals surface area contributed by atoms with Gasteiger partial charge >= 0.3 is 6.09 Å². The lowest BCUT2D eigenvalue weighted by Gasteiger charge is -2.16. The fourth-order valence-electron chi connectivity index (χ4n) is 1.38. The molecule has 0 radical (unpaired) electrons. The first-order valence-electron chi connectivity index (χ1n) is 4.73. The number of nitrogens with one attached hydrogen (secondary N) is 1. The molecule has 0 saturated heterocycles. The lowest BCUT2D eigenvalue weighted by Crippen LogP contribution is -2.26. The van der Waals surface area contributed by atoms with Crippen molar-refractivity contribution >= 4 is 22.0 Å². The van der Waals surface area contributed by atoms with Crippen LogP contribution in [0.3, 0.4) is 0 Å². The summed E-state index contributed by atoms with van der Waals surface area (Å²) in [5.74, 6) is 0. The Hall–Kier alpha value is -1.10. The number of carboxylic acid groups (broad SMARTS) is 1. The second-order valence-corrected chi connectivity index (χ2v) is 4.14. The predicted octanol–water partition coefficient (Wildman–Crippen LogP) is 2.95. The van der Waals surface area contributed by atoms with Crippen LogP contribution < -0.4 is 5.32 Å². The Morgan fingerprint density at radius 2 is 2.40 bits per heavy atom. The van der Waals surface area contributed by atoms with Gasteiger partial charge < -0.3 is 10.4 Å². The first-order valence-corrected chi connectivity index (χ1v) is 5.52. The molecule has 0 aliphatic heterocycles. The van der Waals surface area contributed by atoms with Crippen LogP contribution >= 0.6 is 15.9 Å². The van der Waals surface area contributed by atoms with E-state index in [1.165, 1.54) is 0 Å². The highest BCUT2D eigenvalue weighted by Crippen LogP contribution is 2.20. The number of nitrogens with zero attached hydrogens (tertiary/aromatic N) is 1. The molecule has 0 aliphatic rings. The van der Waals surface area contributed by atoms with Gasteiger partial charge in [0.25, 0.3) is 0 Å². The van der Waals surface area contributed by atoms with Crippen molar-refractivity contribution in [3.63, 3.8) is 0 Å². The van der Waals surface area contributed by atoms with Gasteiger partial charge in [-0.1, -0.05) is 13.3 Å². The molecule has 2 N–H and O–H groups in total. The van der Waals surface area contributed by atoms with Crippen molar-refractivity contribution in [2.75, 3.05) is 0 Å². The summed E-state index contributed by atoms with van der Waals surface area (Å²) in [4.78, 5) is 14.6. The third-order valence-electron chi connectivity index (χ3n) is 2.00. The number of hydrogen-bond donors (Lipinski definition) is 2. The molecule has 5 heteroatoms. The zero-order valence-corrected chi connectivity index (χ0v) is 9.99. The Morgan fingerprint density at radius 1 is 1.67 bits per heavy atom. The minimum absolute atomic E-state index is 0.183. The summed E-state index contributed by atoms with van der Waals surface area (Å²) in [6.07, 6.45) is 4.03. The number of carbonyl (C=O) groups is 1. The summed E-state index contributed by atoms with van der Waals surface area (Å²) in [5, 5.41) is 11.2. The molecule has 1 atom stereocenters. The number of halogens is 1. The van der Waals surface area contributed by atoms with E-state index in [0.29, 0.717) is 0 Å². The molecule has 1 amide bonds. The van der Waals surface area contributed by atoms with Gasteiger partial charge in [0, 0.05) is 16.9 Å². The van der Waals surface area contributed by atoms with E-state index in [4.69, 9.17) is 5.11 Å². The highest BCUT2D eigenvalue weighted by Gasteiger charge is 2.13. The molecule has 1 rings (SSSR count). The van der Waals surface area contributed by atoms with Gasteiger partial charge in [0.1, 0.15) is 0 Å². The van der Waals surface area contributed by atoms with E-state index in [2.05, 4.69) is 26.2 Å². The molecule has 82 valence electrons. The third kappa shape index (κ3) is 3.87. The van der Waals surface area contributed by atoms with Gasteiger partial charge in [0.05, 0.1) is 6.04 Å². The van der Waals surface area contributed by atoms with Crippen LogP contribution in [0.4, 0.5) is 4.79 Å². The van der Waals surface area contributed by atoms with Crippen LogP contribution in [0.25, 0.3) is 0 Å². The quantitative estimate of drug-likeness (QED) is 0.886. The van der Waals surface area contributed by atoms with Crippen LogP contribution in [-0.2, 0) is 0 Å². The third-order valence-corrected chi connectivity index (χ3v) is 2.44. The SMILES string of the molecule is CCCC(NC(=O)O)c1cncc(Br)c1. The smallest absolute Gasteiger partial charge is 0.405 e. The maximum Gasteiger partial charge on any atom is 0.405 e. The van der Waals surface area contributed by atoms with Crippen LogP contribution in [0, 0.1) is 0 Å². The van der Waals surface area contributed by atoms with Crippen molar-refractivity contribution in [1.29, 1.82) is 0 Å². The normalized spacial score (nSPS) is 12.1. The Balaban J connectivity index is 2.83. The summed E-state index contributed by atoms with van der Waals surface area (Å²) in [6.45, 7) is 2.02. The van der Waals surface area contributed by atoms with E-state index in [1.54, 1.807) is 12.4 Å². The van der Waals surface area contributed by atoms with Crippen LogP contribution in [-0.4, -0.2) is 16.2 Å². The molecule has 0 saturated carbocycles. The molecule has 0 bridgehead atoms. The maximum absolute atomic E-state index is 10.6. The fourth-order valence-corrected chi connectivity index (χ4v) is 1.76. The first kappa shape index (κ1) is 12.0. The average Bonchev–Trinajstić information content (AvgIpc) is 2.16. The maximum atomic E-state index is 10.6. The molecular weight excluding hydrogens is 260 g/mol. The van der Waals surface area contributed by atoms with Crippen molar-refractivity contribution in [3.05, 3.63) is 28.5 Å². The number of rotatable bonds is 4. The number of amides is 1. The van der Waals surface area contributed by atoms with Crippen molar-refractivity contribution in [3.8, 4) is 0 Å². The van der Waals surface area contributed by atoms with Crippen LogP contribution in [0.5, 0.6) is 0 Å². The van der Waals surface area contributed by atoms with Crippen LogP contribution in [0.15, 0.2) is 22.9 Å². The van der Waals surface area contributed by atoms with Gasteiger partial charge in [0.15, 0.2) is 0 Å². The number of pyridine rings is 1. The molecule has 4 nitrogen and oxygen atoms in total. The molecule has 0 aromatic carbocycles. The molecule has 0 fully saturated rings. The Morgan fingerprint density at radius 3 is 2.93 bits per heavy atom. The highest BCUT2D eigenvalue weighted by atomic mass is 79.9. The van der Waals surface area contributed by atoms with Gasteiger partial charge in [0.2, 0.25) is 0 Å². The summed E-state index contributed by atoms with van der Waals surface area (Å²) in [5.41, 5.74) is 0.883. The lowest BCUT2D eigenvalue weighted by molar-refractivity contribution is 0.189. The first-order chi connectivity index (χ1) is 7.13. The molecule has 1 aromatic rings. The Kier molecular flexibility index (Phi) is 4.55. The topological polar surface area (TPSA) is 62.2 Å². The van der Waals surface area contributed by atoms with Crippen molar-refractivity contribution in [1.82, 2.24) is 10.3 Å². The molecule has 0 spiro atoms. The standard InChI is InChI=1S/C10H13BrN2O2/c1-2-3-9(13-10(14)15)7-4-8(11)6-12-5-7/h4-6,9,13H,2-3H2,1H3,(H,14,15). The molecule has 1 unspecified atom stereocenters. The van der Waals surface area contributed by atoms with E-state index >= 15 is 0 Å². The average molecular weight is 273 g/mol. The lowest BCUT2D eigenvalue weighted by atomic mass is 10.0. The minimum atomic E-state index is -1.01. The largest absolute Gasteiger partial charge is 0.465 e. The second-order valence-electron chi connectivity index (χ2n) is 3.23. The molecule has 1 heterocycles. The fraction of sp³-hybridized carbons (Fsp3) is 0.400. The Bertz CT molecular complexity index is 344. The van der Waals surface area contributed by atoms with E-state index < -0.39 is 6.09 Å².